The lowest BCUT2D eigenvalue weighted by molar-refractivity contribution is -0.173. The minimum atomic E-state index is -4.88. The Morgan fingerprint density at radius 1 is 1.29 bits per heavy atom. The van der Waals surface area contributed by atoms with Gasteiger partial charge >= 0.3 is 12.1 Å². The third-order valence-electron chi connectivity index (χ3n) is 2.79. The van der Waals surface area contributed by atoms with Crippen LogP contribution in [0.15, 0.2) is 18.7 Å². The molecule has 0 aliphatic heterocycles. The average Bonchev–Trinajstić information content (AvgIpc) is 2.45. The maximum absolute atomic E-state index is 12.1. The quantitative estimate of drug-likeness (QED) is 0.878. The van der Waals surface area contributed by atoms with Crippen molar-refractivity contribution in [3.63, 3.8) is 0 Å². The molecule has 1 aromatic rings. The minimum absolute atomic E-state index is 0.161. The van der Waals surface area contributed by atoms with E-state index in [1.165, 1.54) is 14.2 Å². The summed E-state index contributed by atoms with van der Waals surface area (Å²) >= 11 is 0. The van der Waals surface area contributed by atoms with Crippen molar-refractivity contribution in [1.82, 2.24) is 5.32 Å². The molecule has 1 rings (SSSR count). The first-order valence-corrected chi connectivity index (χ1v) is 6.05. The molecule has 1 aromatic carbocycles. The number of rotatable bonds is 6. The molecule has 0 heterocycles. The van der Waals surface area contributed by atoms with Crippen molar-refractivity contribution in [3.05, 3.63) is 29.8 Å². The van der Waals surface area contributed by atoms with E-state index in [2.05, 4.69) is 6.58 Å². The van der Waals surface area contributed by atoms with Gasteiger partial charge in [0, 0.05) is 12.1 Å². The van der Waals surface area contributed by atoms with Gasteiger partial charge in [-0.05, 0) is 24.1 Å². The summed E-state index contributed by atoms with van der Waals surface area (Å²) < 4.78 is 46.5. The Hall–Kier alpha value is -2.18. The highest BCUT2D eigenvalue weighted by Crippen LogP contribution is 2.29. The van der Waals surface area contributed by atoms with Crippen LogP contribution >= 0.6 is 0 Å². The zero-order valence-electron chi connectivity index (χ0n) is 11.7. The number of carbonyl (C=O) groups is 1. The van der Waals surface area contributed by atoms with Gasteiger partial charge in [0.25, 0.3) is 0 Å². The maximum Gasteiger partial charge on any atom is 0.471 e. The van der Waals surface area contributed by atoms with Crippen LogP contribution in [0.25, 0.3) is 6.08 Å². The molecule has 0 atom stereocenters. The van der Waals surface area contributed by atoms with Gasteiger partial charge in [0.1, 0.15) is 11.5 Å². The number of hydrogen-bond acceptors (Lipinski definition) is 3. The van der Waals surface area contributed by atoms with E-state index in [1.807, 2.05) is 5.32 Å². The lowest BCUT2D eigenvalue weighted by atomic mass is 10.1. The summed E-state index contributed by atoms with van der Waals surface area (Å²) in [6, 6.07) is 3.32. The molecule has 0 radical (unpaired) electrons. The Bertz CT molecular complexity index is 527. The second-order valence-corrected chi connectivity index (χ2v) is 4.11. The Labute approximate surface area is 120 Å². The van der Waals surface area contributed by atoms with Gasteiger partial charge in [-0.15, -0.1) is 0 Å². The Balaban J connectivity index is 2.83. The van der Waals surface area contributed by atoms with Gasteiger partial charge in [-0.1, -0.05) is 12.7 Å². The molecule has 0 saturated heterocycles. The zero-order valence-corrected chi connectivity index (χ0v) is 11.7. The summed E-state index contributed by atoms with van der Waals surface area (Å²) in [5.41, 5.74) is 1.33. The van der Waals surface area contributed by atoms with Crippen LogP contribution in [0.5, 0.6) is 11.5 Å². The Kier molecular flexibility index (Phi) is 5.63. The molecule has 1 amide bonds. The summed E-state index contributed by atoms with van der Waals surface area (Å²) in [6.07, 6.45) is -3.12. The molecular formula is C14H16F3NO3. The molecule has 0 aromatic heterocycles. The summed E-state index contributed by atoms with van der Waals surface area (Å²) in [7, 11) is 2.93. The van der Waals surface area contributed by atoms with E-state index in [0.29, 0.717) is 22.6 Å². The van der Waals surface area contributed by atoms with Crippen LogP contribution in [0.4, 0.5) is 13.2 Å². The van der Waals surface area contributed by atoms with Crippen LogP contribution in [0.3, 0.4) is 0 Å². The average molecular weight is 303 g/mol. The van der Waals surface area contributed by atoms with Gasteiger partial charge in [0.15, 0.2) is 0 Å². The number of nitrogens with one attached hydrogen (secondary N) is 1. The summed E-state index contributed by atoms with van der Waals surface area (Å²) in [5.74, 6) is -0.939. The monoisotopic (exact) mass is 303 g/mol. The van der Waals surface area contributed by atoms with Crippen LogP contribution < -0.4 is 14.8 Å². The largest absolute Gasteiger partial charge is 0.496 e. The second-order valence-electron chi connectivity index (χ2n) is 4.11. The summed E-state index contributed by atoms with van der Waals surface area (Å²) in [5, 5.41) is 1.81. The van der Waals surface area contributed by atoms with E-state index >= 15 is 0 Å². The molecule has 0 aliphatic carbocycles. The van der Waals surface area contributed by atoms with E-state index < -0.39 is 12.1 Å². The predicted octanol–water partition coefficient (Wildman–Crippen LogP) is 2.57. The summed E-state index contributed by atoms with van der Waals surface area (Å²) in [4.78, 5) is 10.7. The smallest absolute Gasteiger partial charge is 0.471 e. The van der Waals surface area contributed by atoms with Gasteiger partial charge in [0.05, 0.1) is 14.2 Å². The lowest BCUT2D eigenvalue weighted by Crippen LogP contribution is -2.37. The van der Waals surface area contributed by atoms with Crippen LogP contribution in [0, 0.1) is 0 Å². The molecule has 7 heteroatoms. The number of methoxy groups -OCH3 is 2. The molecule has 116 valence electrons. The lowest BCUT2D eigenvalue weighted by Gasteiger charge is -2.14. The predicted molar refractivity (Wildman–Crippen MR) is 72.4 cm³/mol. The number of halogens is 3. The highest BCUT2D eigenvalue weighted by Gasteiger charge is 2.38. The van der Waals surface area contributed by atoms with Crippen molar-refractivity contribution < 1.29 is 27.4 Å². The molecular weight excluding hydrogens is 287 g/mol. The fourth-order valence-corrected chi connectivity index (χ4v) is 1.75. The highest BCUT2D eigenvalue weighted by molar-refractivity contribution is 5.81. The molecule has 0 saturated carbocycles. The van der Waals surface area contributed by atoms with E-state index in [-0.39, 0.29) is 13.0 Å². The van der Waals surface area contributed by atoms with Crippen molar-refractivity contribution in [1.29, 1.82) is 0 Å². The standard InChI is InChI=1S/C14H16F3NO3/c1-4-9-7-12(21-3)10(8-11(9)20-2)5-6-18-13(19)14(15,16)17/h4,7-8H,1,5-6H2,2-3H3,(H,18,19). The van der Waals surface area contributed by atoms with Crippen LogP contribution in [-0.2, 0) is 11.2 Å². The number of amides is 1. The first kappa shape index (κ1) is 16.9. The zero-order chi connectivity index (χ0) is 16.0. The first-order chi connectivity index (χ1) is 9.83. The van der Waals surface area contributed by atoms with Gasteiger partial charge in [-0.25, -0.2) is 0 Å². The van der Waals surface area contributed by atoms with Crippen LogP contribution in [-0.4, -0.2) is 32.8 Å². The fraction of sp³-hybridized carbons (Fsp3) is 0.357. The highest BCUT2D eigenvalue weighted by atomic mass is 19.4. The second kappa shape index (κ2) is 7.01. The Morgan fingerprint density at radius 3 is 2.38 bits per heavy atom. The minimum Gasteiger partial charge on any atom is -0.496 e. The molecule has 0 spiro atoms. The summed E-state index contributed by atoms with van der Waals surface area (Å²) in [6.45, 7) is 3.48. The molecule has 1 N–H and O–H groups in total. The first-order valence-electron chi connectivity index (χ1n) is 6.05. The molecule has 0 aliphatic rings. The molecule has 0 unspecified atom stereocenters. The van der Waals surface area contributed by atoms with E-state index in [9.17, 15) is 18.0 Å². The van der Waals surface area contributed by atoms with E-state index in [1.54, 1.807) is 18.2 Å². The van der Waals surface area contributed by atoms with Crippen molar-refractivity contribution >= 4 is 12.0 Å². The molecule has 0 bridgehead atoms. The third-order valence-corrected chi connectivity index (χ3v) is 2.79. The molecule has 21 heavy (non-hydrogen) atoms. The van der Waals surface area contributed by atoms with Crippen LogP contribution in [0.2, 0.25) is 0 Å². The van der Waals surface area contributed by atoms with Gasteiger partial charge < -0.3 is 14.8 Å². The van der Waals surface area contributed by atoms with Gasteiger partial charge in [-0.3, -0.25) is 4.79 Å². The Morgan fingerprint density at radius 2 is 1.90 bits per heavy atom. The topological polar surface area (TPSA) is 47.6 Å². The van der Waals surface area contributed by atoms with Gasteiger partial charge in [-0.2, -0.15) is 13.2 Å². The van der Waals surface area contributed by atoms with Crippen molar-refractivity contribution in [2.75, 3.05) is 20.8 Å². The number of hydrogen-bond donors (Lipinski definition) is 1. The molecule has 0 fully saturated rings. The molecule has 4 nitrogen and oxygen atoms in total. The van der Waals surface area contributed by atoms with E-state index in [0.717, 1.165) is 0 Å². The van der Waals surface area contributed by atoms with Crippen LogP contribution in [0.1, 0.15) is 11.1 Å². The van der Waals surface area contributed by atoms with Crippen molar-refractivity contribution in [2.24, 2.45) is 0 Å². The SMILES string of the molecule is C=Cc1cc(OC)c(CCNC(=O)C(F)(F)F)cc1OC. The maximum atomic E-state index is 12.1. The number of ether oxygens (including phenoxy) is 2. The van der Waals surface area contributed by atoms with Crippen molar-refractivity contribution in [2.45, 2.75) is 12.6 Å². The third kappa shape index (κ3) is 4.40. The van der Waals surface area contributed by atoms with Crippen molar-refractivity contribution in [3.8, 4) is 11.5 Å². The normalized spacial score (nSPS) is 10.9. The van der Waals surface area contributed by atoms with Gasteiger partial charge in [0.2, 0.25) is 0 Å². The number of alkyl halides is 3. The number of benzene rings is 1. The number of carbonyl (C=O) groups excluding carboxylic acids is 1. The van der Waals surface area contributed by atoms with E-state index in [4.69, 9.17) is 9.47 Å². The fourth-order valence-electron chi connectivity index (χ4n) is 1.75.